The summed E-state index contributed by atoms with van der Waals surface area (Å²) in [4.78, 5) is 17.9. The predicted molar refractivity (Wildman–Crippen MR) is 65.6 cm³/mol. The second kappa shape index (κ2) is 5.49. The molecule has 0 spiro atoms. The SMILES string of the molecule is CCC(C)N(C)C(=O)c1ccncc1NC. The van der Waals surface area contributed by atoms with Crippen LogP contribution in [0.4, 0.5) is 5.69 Å². The zero-order valence-corrected chi connectivity index (χ0v) is 10.3. The molecule has 4 nitrogen and oxygen atoms in total. The fourth-order valence-electron chi connectivity index (χ4n) is 1.44. The number of aromatic nitrogens is 1. The molecule has 88 valence electrons. The summed E-state index contributed by atoms with van der Waals surface area (Å²) in [7, 11) is 3.62. The van der Waals surface area contributed by atoms with E-state index in [-0.39, 0.29) is 11.9 Å². The third-order valence-corrected chi connectivity index (χ3v) is 2.89. The molecule has 1 heterocycles. The number of hydrogen-bond acceptors (Lipinski definition) is 3. The molecule has 1 atom stereocenters. The van der Waals surface area contributed by atoms with Crippen LogP contribution in [0.25, 0.3) is 0 Å². The molecule has 1 aromatic rings. The third kappa shape index (κ3) is 2.51. The Hall–Kier alpha value is -1.58. The molecule has 16 heavy (non-hydrogen) atoms. The molecule has 0 aliphatic heterocycles. The average molecular weight is 221 g/mol. The lowest BCUT2D eigenvalue weighted by molar-refractivity contribution is 0.0741. The van der Waals surface area contributed by atoms with Crippen molar-refractivity contribution >= 4 is 11.6 Å². The van der Waals surface area contributed by atoms with E-state index in [1.54, 1.807) is 30.4 Å². The van der Waals surface area contributed by atoms with Gasteiger partial charge in [0.2, 0.25) is 0 Å². The molecular weight excluding hydrogens is 202 g/mol. The van der Waals surface area contributed by atoms with Crippen molar-refractivity contribution in [1.29, 1.82) is 0 Å². The first-order chi connectivity index (χ1) is 7.61. The molecule has 0 saturated carbocycles. The molecule has 1 aromatic heterocycles. The van der Waals surface area contributed by atoms with Gasteiger partial charge in [0.25, 0.3) is 5.91 Å². The van der Waals surface area contributed by atoms with Crippen LogP contribution in [-0.2, 0) is 0 Å². The Labute approximate surface area is 96.7 Å². The zero-order valence-electron chi connectivity index (χ0n) is 10.3. The first-order valence-electron chi connectivity index (χ1n) is 5.50. The van der Waals surface area contributed by atoms with Gasteiger partial charge >= 0.3 is 0 Å². The van der Waals surface area contributed by atoms with Crippen molar-refractivity contribution in [3.63, 3.8) is 0 Å². The van der Waals surface area contributed by atoms with Gasteiger partial charge in [-0.25, -0.2) is 0 Å². The van der Waals surface area contributed by atoms with Crippen LogP contribution < -0.4 is 5.32 Å². The summed E-state index contributed by atoms with van der Waals surface area (Å²) in [6, 6.07) is 1.98. The lowest BCUT2D eigenvalue weighted by Gasteiger charge is -2.24. The molecule has 0 fully saturated rings. The molecule has 1 rings (SSSR count). The molecule has 0 bridgehead atoms. The van der Waals surface area contributed by atoms with Gasteiger partial charge in [-0.2, -0.15) is 0 Å². The smallest absolute Gasteiger partial charge is 0.256 e. The van der Waals surface area contributed by atoms with E-state index in [1.165, 1.54) is 0 Å². The summed E-state index contributed by atoms with van der Waals surface area (Å²) in [5.41, 5.74) is 1.43. The largest absolute Gasteiger partial charge is 0.386 e. The molecule has 0 aliphatic rings. The highest BCUT2D eigenvalue weighted by Gasteiger charge is 2.18. The number of amides is 1. The van der Waals surface area contributed by atoms with E-state index in [0.29, 0.717) is 5.56 Å². The van der Waals surface area contributed by atoms with Gasteiger partial charge in [-0.15, -0.1) is 0 Å². The van der Waals surface area contributed by atoms with Crippen molar-refractivity contribution < 1.29 is 4.79 Å². The summed E-state index contributed by atoms with van der Waals surface area (Å²) < 4.78 is 0. The fraction of sp³-hybridized carbons (Fsp3) is 0.500. The second-order valence-corrected chi connectivity index (χ2v) is 3.84. The number of hydrogen-bond donors (Lipinski definition) is 1. The lowest BCUT2D eigenvalue weighted by Crippen LogP contribution is -2.34. The van der Waals surface area contributed by atoms with Gasteiger partial charge in [0.15, 0.2) is 0 Å². The van der Waals surface area contributed by atoms with E-state index in [9.17, 15) is 4.79 Å². The van der Waals surface area contributed by atoms with Crippen molar-refractivity contribution in [3.05, 3.63) is 24.0 Å². The van der Waals surface area contributed by atoms with Crippen LogP contribution in [0.15, 0.2) is 18.5 Å². The molecule has 1 amide bonds. The lowest BCUT2D eigenvalue weighted by atomic mass is 10.1. The fourth-order valence-corrected chi connectivity index (χ4v) is 1.44. The van der Waals surface area contributed by atoms with E-state index in [1.807, 2.05) is 14.0 Å². The summed E-state index contributed by atoms with van der Waals surface area (Å²) >= 11 is 0. The number of carbonyl (C=O) groups excluding carboxylic acids is 1. The quantitative estimate of drug-likeness (QED) is 0.845. The van der Waals surface area contributed by atoms with Crippen molar-refractivity contribution in [2.24, 2.45) is 0 Å². The molecule has 1 unspecified atom stereocenters. The van der Waals surface area contributed by atoms with E-state index >= 15 is 0 Å². The number of pyridine rings is 1. The number of nitrogens with one attached hydrogen (secondary N) is 1. The number of carbonyl (C=O) groups is 1. The monoisotopic (exact) mass is 221 g/mol. The van der Waals surface area contributed by atoms with Crippen molar-refractivity contribution in [1.82, 2.24) is 9.88 Å². The summed E-state index contributed by atoms with van der Waals surface area (Å²) in [5.74, 6) is 0.0288. The number of anilines is 1. The maximum absolute atomic E-state index is 12.2. The Morgan fingerprint density at radius 3 is 2.88 bits per heavy atom. The first-order valence-corrected chi connectivity index (χ1v) is 5.50. The molecule has 0 aromatic carbocycles. The Morgan fingerprint density at radius 1 is 1.62 bits per heavy atom. The maximum Gasteiger partial charge on any atom is 0.256 e. The summed E-state index contributed by atoms with van der Waals surface area (Å²) in [6.07, 6.45) is 4.25. The van der Waals surface area contributed by atoms with E-state index in [0.717, 1.165) is 12.1 Å². The maximum atomic E-state index is 12.2. The Morgan fingerprint density at radius 2 is 2.31 bits per heavy atom. The third-order valence-electron chi connectivity index (χ3n) is 2.89. The highest BCUT2D eigenvalue weighted by molar-refractivity contribution is 5.99. The van der Waals surface area contributed by atoms with Crippen LogP contribution in [0.2, 0.25) is 0 Å². The molecular formula is C12H19N3O. The van der Waals surface area contributed by atoms with Crippen LogP contribution in [0.1, 0.15) is 30.6 Å². The minimum atomic E-state index is 0.0288. The minimum Gasteiger partial charge on any atom is -0.386 e. The van der Waals surface area contributed by atoms with E-state index in [2.05, 4.69) is 17.2 Å². The van der Waals surface area contributed by atoms with E-state index < -0.39 is 0 Å². The summed E-state index contributed by atoms with van der Waals surface area (Å²) in [6.45, 7) is 4.11. The zero-order chi connectivity index (χ0) is 12.1. The number of rotatable bonds is 4. The second-order valence-electron chi connectivity index (χ2n) is 3.84. The Kier molecular flexibility index (Phi) is 4.28. The van der Waals surface area contributed by atoms with Gasteiger partial charge in [-0.05, 0) is 19.4 Å². The van der Waals surface area contributed by atoms with Crippen molar-refractivity contribution in [2.75, 3.05) is 19.4 Å². The van der Waals surface area contributed by atoms with Gasteiger partial charge in [-0.3, -0.25) is 9.78 Å². The van der Waals surface area contributed by atoms with Gasteiger partial charge in [0, 0.05) is 26.3 Å². The number of nitrogens with zero attached hydrogens (tertiary/aromatic N) is 2. The molecule has 4 heteroatoms. The Balaban J connectivity index is 2.95. The highest BCUT2D eigenvalue weighted by atomic mass is 16.2. The highest BCUT2D eigenvalue weighted by Crippen LogP contribution is 2.16. The van der Waals surface area contributed by atoms with Crippen LogP contribution >= 0.6 is 0 Å². The minimum absolute atomic E-state index is 0.0288. The van der Waals surface area contributed by atoms with Crippen LogP contribution in [0, 0.1) is 0 Å². The molecule has 0 saturated heterocycles. The standard InChI is InChI=1S/C12H19N3O/c1-5-9(2)15(4)12(16)10-6-7-14-8-11(10)13-3/h6-9,13H,5H2,1-4H3. The summed E-state index contributed by atoms with van der Waals surface area (Å²) in [5, 5.41) is 2.98. The Bertz CT molecular complexity index is 365. The topological polar surface area (TPSA) is 45.2 Å². The van der Waals surface area contributed by atoms with Crippen LogP contribution in [0.5, 0.6) is 0 Å². The van der Waals surface area contributed by atoms with Gasteiger partial charge in [0.1, 0.15) is 0 Å². The van der Waals surface area contributed by atoms with E-state index in [4.69, 9.17) is 0 Å². The van der Waals surface area contributed by atoms with Gasteiger partial charge in [-0.1, -0.05) is 6.92 Å². The predicted octanol–water partition coefficient (Wildman–Crippen LogP) is 1.99. The first kappa shape index (κ1) is 12.5. The van der Waals surface area contributed by atoms with Crippen LogP contribution in [0.3, 0.4) is 0 Å². The average Bonchev–Trinajstić information content (AvgIpc) is 2.35. The van der Waals surface area contributed by atoms with Crippen LogP contribution in [-0.4, -0.2) is 35.9 Å². The normalized spacial score (nSPS) is 12.0. The van der Waals surface area contributed by atoms with Gasteiger partial charge in [0.05, 0.1) is 17.4 Å². The van der Waals surface area contributed by atoms with Crippen molar-refractivity contribution in [3.8, 4) is 0 Å². The molecule has 1 N–H and O–H groups in total. The molecule has 0 radical (unpaired) electrons. The van der Waals surface area contributed by atoms with Crippen molar-refractivity contribution in [2.45, 2.75) is 26.3 Å². The van der Waals surface area contributed by atoms with Gasteiger partial charge < -0.3 is 10.2 Å². The molecule has 0 aliphatic carbocycles.